The molecular formula is C12H18FN3O. The second-order valence-corrected chi connectivity index (χ2v) is 4.26. The zero-order valence-corrected chi connectivity index (χ0v) is 10.3. The minimum Gasteiger partial charge on any atom is -0.353 e. The van der Waals surface area contributed by atoms with Crippen molar-refractivity contribution in [1.29, 1.82) is 0 Å². The highest BCUT2D eigenvalue weighted by Crippen LogP contribution is 2.11. The standard InChI is InChI=1S/C12H18FN3O/c1-8(2)16-12(17)7-15-9(3)10-4-11(13)6-14-5-10/h4-6,8-9,15H,7H2,1-3H3,(H,16,17). The quantitative estimate of drug-likeness (QED) is 0.816. The Morgan fingerprint density at radius 3 is 2.71 bits per heavy atom. The van der Waals surface area contributed by atoms with Crippen molar-refractivity contribution >= 4 is 5.91 Å². The summed E-state index contributed by atoms with van der Waals surface area (Å²) in [6.07, 6.45) is 2.74. The monoisotopic (exact) mass is 239 g/mol. The number of hydrogen-bond donors (Lipinski definition) is 2. The Morgan fingerprint density at radius 2 is 2.12 bits per heavy atom. The lowest BCUT2D eigenvalue weighted by Crippen LogP contribution is -2.38. The van der Waals surface area contributed by atoms with Crippen molar-refractivity contribution in [2.45, 2.75) is 32.9 Å². The van der Waals surface area contributed by atoms with E-state index in [1.165, 1.54) is 6.07 Å². The molecule has 0 aliphatic carbocycles. The Morgan fingerprint density at radius 1 is 1.41 bits per heavy atom. The van der Waals surface area contributed by atoms with Gasteiger partial charge in [0, 0.05) is 18.3 Å². The van der Waals surface area contributed by atoms with Gasteiger partial charge >= 0.3 is 0 Å². The van der Waals surface area contributed by atoms with E-state index < -0.39 is 0 Å². The van der Waals surface area contributed by atoms with Crippen LogP contribution in [0.1, 0.15) is 32.4 Å². The third-order valence-corrected chi connectivity index (χ3v) is 2.24. The van der Waals surface area contributed by atoms with Crippen LogP contribution in [0.25, 0.3) is 0 Å². The number of pyridine rings is 1. The van der Waals surface area contributed by atoms with E-state index in [0.29, 0.717) is 0 Å². The molecule has 1 amide bonds. The van der Waals surface area contributed by atoms with Gasteiger partial charge in [-0.25, -0.2) is 4.39 Å². The van der Waals surface area contributed by atoms with Crippen LogP contribution in [0.3, 0.4) is 0 Å². The van der Waals surface area contributed by atoms with E-state index in [1.807, 2.05) is 20.8 Å². The molecule has 1 rings (SSSR count). The fourth-order valence-corrected chi connectivity index (χ4v) is 1.40. The van der Waals surface area contributed by atoms with Gasteiger partial charge in [-0.3, -0.25) is 9.78 Å². The van der Waals surface area contributed by atoms with E-state index in [4.69, 9.17) is 0 Å². The van der Waals surface area contributed by atoms with Gasteiger partial charge in [-0.15, -0.1) is 0 Å². The lowest BCUT2D eigenvalue weighted by atomic mass is 10.1. The van der Waals surface area contributed by atoms with Crippen LogP contribution >= 0.6 is 0 Å². The molecule has 1 heterocycles. The first-order valence-electron chi connectivity index (χ1n) is 5.62. The first kappa shape index (κ1) is 13.6. The summed E-state index contributed by atoms with van der Waals surface area (Å²) in [5.74, 6) is -0.445. The van der Waals surface area contributed by atoms with Crippen molar-refractivity contribution in [3.8, 4) is 0 Å². The summed E-state index contributed by atoms with van der Waals surface area (Å²) >= 11 is 0. The number of aromatic nitrogens is 1. The zero-order valence-electron chi connectivity index (χ0n) is 10.3. The van der Waals surface area contributed by atoms with E-state index in [9.17, 15) is 9.18 Å². The van der Waals surface area contributed by atoms with Crippen LogP contribution in [0.15, 0.2) is 18.5 Å². The van der Waals surface area contributed by atoms with Crippen LogP contribution in [0.2, 0.25) is 0 Å². The molecule has 0 aromatic carbocycles. The van der Waals surface area contributed by atoms with Crippen molar-refractivity contribution in [2.24, 2.45) is 0 Å². The van der Waals surface area contributed by atoms with Crippen LogP contribution in [0, 0.1) is 5.82 Å². The van der Waals surface area contributed by atoms with Gasteiger partial charge in [-0.05, 0) is 32.4 Å². The fourth-order valence-electron chi connectivity index (χ4n) is 1.40. The average molecular weight is 239 g/mol. The van der Waals surface area contributed by atoms with Crippen LogP contribution in [-0.2, 0) is 4.79 Å². The van der Waals surface area contributed by atoms with E-state index in [2.05, 4.69) is 15.6 Å². The topological polar surface area (TPSA) is 54.0 Å². The zero-order chi connectivity index (χ0) is 12.8. The Balaban J connectivity index is 2.44. The van der Waals surface area contributed by atoms with Crippen LogP contribution < -0.4 is 10.6 Å². The first-order chi connectivity index (χ1) is 7.99. The number of nitrogens with one attached hydrogen (secondary N) is 2. The highest BCUT2D eigenvalue weighted by atomic mass is 19.1. The number of carbonyl (C=O) groups is 1. The molecule has 5 heteroatoms. The van der Waals surface area contributed by atoms with E-state index in [-0.39, 0.29) is 30.4 Å². The Kier molecular flexibility index (Phi) is 5.03. The molecule has 0 fully saturated rings. The molecule has 17 heavy (non-hydrogen) atoms. The number of nitrogens with zero attached hydrogens (tertiary/aromatic N) is 1. The third kappa shape index (κ3) is 4.91. The maximum absolute atomic E-state index is 12.9. The second kappa shape index (κ2) is 6.30. The highest BCUT2D eigenvalue weighted by molar-refractivity contribution is 5.78. The van der Waals surface area contributed by atoms with Crippen molar-refractivity contribution in [3.05, 3.63) is 29.8 Å². The number of carbonyl (C=O) groups excluding carboxylic acids is 1. The number of rotatable bonds is 5. The van der Waals surface area contributed by atoms with Gasteiger partial charge < -0.3 is 10.6 Å². The smallest absolute Gasteiger partial charge is 0.234 e. The fraction of sp³-hybridized carbons (Fsp3) is 0.500. The maximum atomic E-state index is 12.9. The molecule has 0 radical (unpaired) electrons. The van der Waals surface area contributed by atoms with Crippen molar-refractivity contribution in [2.75, 3.05) is 6.54 Å². The van der Waals surface area contributed by atoms with Gasteiger partial charge in [0.2, 0.25) is 5.91 Å². The molecule has 2 N–H and O–H groups in total. The van der Waals surface area contributed by atoms with Gasteiger partial charge in [-0.2, -0.15) is 0 Å². The Bertz CT molecular complexity index is 382. The molecule has 94 valence electrons. The van der Waals surface area contributed by atoms with Crippen LogP contribution in [0.4, 0.5) is 4.39 Å². The van der Waals surface area contributed by atoms with Gasteiger partial charge in [0.15, 0.2) is 0 Å². The lowest BCUT2D eigenvalue weighted by Gasteiger charge is -2.14. The summed E-state index contributed by atoms with van der Waals surface area (Å²) in [6, 6.07) is 1.41. The van der Waals surface area contributed by atoms with E-state index >= 15 is 0 Å². The Hall–Kier alpha value is -1.49. The minimum absolute atomic E-state index is 0.0730. The molecule has 0 spiro atoms. The summed E-state index contributed by atoms with van der Waals surface area (Å²) in [5, 5.41) is 5.78. The van der Waals surface area contributed by atoms with Crippen LogP contribution in [-0.4, -0.2) is 23.5 Å². The molecule has 1 atom stereocenters. The highest BCUT2D eigenvalue weighted by Gasteiger charge is 2.09. The summed E-state index contributed by atoms with van der Waals surface area (Å²) in [6.45, 7) is 5.87. The second-order valence-electron chi connectivity index (χ2n) is 4.26. The molecule has 1 aromatic rings. The van der Waals surface area contributed by atoms with Crippen LogP contribution in [0.5, 0.6) is 0 Å². The van der Waals surface area contributed by atoms with Gasteiger partial charge in [0.1, 0.15) is 5.82 Å². The van der Waals surface area contributed by atoms with Gasteiger partial charge in [0.25, 0.3) is 0 Å². The molecule has 0 saturated carbocycles. The third-order valence-electron chi connectivity index (χ3n) is 2.24. The van der Waals surface area contributed by atoms with Crippen molar-refractivity contribution < 1.29 is 9.18 Å². The molecule has 0 aliphatic heterocycles. The van der Waals surface area contributed by atoms with Crippen molar-refractivity contribution in [3.63, 3.8) is 0 Å². The summed E-state index contributed by atoms with van der Waals surface area (Å²) in [4.78, 5) is 15.2. The average Bonchev–Trinajstić information content (AvgIpc) is 2.25. The Labute approximate surface area is 101 Å². The molecule has 1 aromatic heterocycles. The first-order valence-corrected chi connectivity index (χ1v) is 5.62. The normalized spacial score (nSPS) is 12.5. The summed E-state index contributed by atoms with van der Waals surface area (Å²) < 4.78 is 12.9. The summed E-state index contributed by atoms with van der Waals surface area (Å²) in [7, 11) is 0. The number of halogens is 1. The maximum Gasteiger partial charge on any atom is 0.234 e. The van der Waals surface area contributed by atoms with Gasteiger partial charge in [0.05, 0.1) is 12.7 Å². The summed E-state index contributed by atoms with van der Waals surface area (Å²) in [5.41, 5.74) is 0.724. The van der Waals surface area contributed by atoms with Crippen molar-refractivity contribution in [1.82, 2.24) is 15.6 Å². The van der Waals surface area contributed by atoms with E-state index in [1.54, 1.807) is 6.20 Å². The van der Waals surface area contributed by atoms with E-state index in [0.717, 1.165) is 11.8 Å². The predicted molar refractivity (Wildman–Crippen MR) is 63.9 cm³/mol. The molecular weight excluding hydrogens is 221 g/mol. The molecule has 4 nitrogen and oxygen atoms in total. The molecule has 0 aliphatic rings. The largest absolute Gasteiger partial charge is 0.353 e. The molecule has 1 unspecified atom stereocenters. The SMILES string of the molecule is CC(C)NC(=O)CNC(C)c1cncc(F)c1. The number of amides is 1. The number of hydrogen-bond acceptors (Lipinski definition) is 3. The minimum atomic E-state index is -0.372. The van der Waals surface area contributed by atoms with Gasteiger partial charge in [-0.1, -0.05) is 0 Å². The lowest BCUT2D eigenvalue weighted by molar-refractivity contribution is -0.120. The predicted octanol–water partition coefficient (Wildman–Crippen LogP) is 1.40. The molecule has 0 saturated heterocycles. The molecule has 0 bridgehead atoms.